The highest BCUT2D eigenvalue weighted by Gasteiger charge is 2.43. The molecule has 0 radical (unpaired) electrons. The molecule has 0 bridgehead atoms. The molecule has 21 heavy (non-hydrogen) atoms. The van der Waals surface area contributed by atoms with Gasteiger partial charge in [-0.05, 0) is 19.1 Å². The Morgan fingerprint density at radius 3 is 2.57 bits per heavy atom. The SMILES string of the molecule is CC(=O)c1cccc(S(=O)(=O)N2C[C@H](O)C[C@@H]2C(=O)O)c1. The van der Waals surface area contributed by atoms with E-state index in [4.69, 9.17) is 5.11 Å². The van der Waals surface area contributed by atoms with Gasteiger partial charge in [-0.15, -0.1) is 0 Å². The summed E-state index contributed by atoms with van der Waals surface area (Å²) >= 11 is 0. The number of sulfonamides is 1. The number of hydrogen-bond donors (Lipinski definition) is 2. The molecule has 0 spiro atoms. The number of aliphatic hydroxyl groups excluding tert-OH is 1. The van der Waals surface area contributed by atoms with Crippen molar-refractivity contribution in [1.29, 1.82) is 0 Å². The summed E-state index contributed by atoms with van der Waals surface area (Å²) in [6.45, 7) is 1.04. The molecule has 0 amide bonds. The molecule has 2 atom stereocenters. The van der Waals surface area contributed by atoms with Crippen molar-refractivity contribution in [3.05, 3.63) is 29.8 Å². The normalized spacial score (nSPS) is 23.1. The molecule has 8 heteroatoms. The largest absolute Gasteiger partial charge is 0.480 e. The zero-order chi connectivity index (χ0) is 15.8. The Balaban J connectivity index is 2.44. The number of carbonyl (C=O) groups excluding carboxylic acids is 1. The van der Waals surface area contributed by atoms with E-state index in [-0.39, 0.29) is 29.2 Å². The number of carbonyl (C=O) groups is 2. The third-order valence-electron chi connectivity index (χ3n) is 3.37. The van der Waals surface area contributed by atoms with Crippen LogP contribution in [-0.2, 0) is 14.8 Å². The van der Waals surface area contributed by atoms with Crippen molar-refractivity contribution < 1.29 is 28.2 Å². The molecule has 1 aromatic rings. The summed E-state index contributed by atoms with van der Waals surface area (Å²) in [5, 5.41) is 18.6. The minimum absolute atomic E-state index is 0.152. The highest BCUT2D eigenvalue weighted by atomic mass is 32.2. The molecule has 114 valence electrons. The molecule has 2 rings (SSSR count). The van der Waals surface area contributed by atoms with Gasteiger partial charge in [-0.2, -0.15) is 4.31 Å². The summed E-state index contributed by atoms with van der Waals surface area (Å²) in [7, 11) is -4.08. The van der Waals surface area contributed by atoms with Gasteiger partial charge < -0.3 is 10.2 Å². The number of benzene rings is 1. The maximum atomic E-state index is 12.5. The van der Waals surface area contributed by atoms with Crippen LogP contribution in [0, 0.1) is 0 Å². The summed E-state index contributed by atoms with van der Waals surface area (Å²) < 4.78 is 25.8. The Morgan fingerprint density at radius 2 is 2.00 bits per heavy atom. The second-order valence-corrected chi connectivity index (χ2v) is 6.79. The van der Waals surface area contributed by atoms with Crippen LogP contribution in [0.15, 0.2) is 29.2 Å². The first-order chi connectivity index (χ1) is 9.73. The molecule has 0 aliphatic carbocycles. The molecule has 1 fully saturated rings. The maximum absolute atomic E-state index is 12.5. The smallest absolute Gasteiger partial charge is 0.322 e. The average molecular weight is 313 g/mol. The number of aliphatic hydroxyl groups is 1. The van der Waals surface area contributed by atoms with Crippen molar-refractivity contribution in [3.63, 3.8) is 0 Å². The van der Waals surface area contributed by atoms with E-state index >= 15 is 0 Å². The van der Waals surface area contributed by atoms with Crippen LogP contribution in [0.25, 0.3) is 0 Å². The lowest BCUT2D eigenvalue weighted by atomic mass is 10.2. The second-order valence-electron chi connectivity index (χ2n) is 4.90. The summed E-state index contributed by atoms with van der Waals surface area (Å²) in [5.74, 6) is -1.60. The average Bonchev–Trinajstić information content (AvgIpc) is 2.82. The fraction of sp³-hybridized carbons (Fsp3) is 0.385. The van der Waals surface area contributed by atoms with E-state index in [1.54, 1.807) is 0 Å². The van der Waals surface area contributed by atoms with Gasteiger partial charge in [0, 0.05) is 18.5 Å². The summed E-state index contributed by atoms with van der Waals surface area (Å²) in [4.78, 5) is 22.3. The van der Waals surface area contributed by atoms with E-state index in [1.807, 2.05) is 0 Å². The van der Waals surface area contributed by atoms with E-state index < -0.39 is 28.1 Å². The first kappa shape index (κ1) is 15.6. The van der Waals surface area contributed by atoms with Gasteiger partial charge >= 0.3 is 5.97 Å². The highest BCUT2D eigenvalue weighted by molar-refractivity contribution is 7.89. The number of β-amino-alcohol motifs (C(OH)–C–C–N with tert-alkyl or cyclic N) is 1. The Kier molecular flexibility index (Phi) is 4.13. The van der Waals surface area contributed by atoms with Crippen molar-refractivity contribution in [3.8, 4) is 0 Å². The predicted octanol–water partition coefficient (Wildman–Crippen LogP) is 0.0977. The molecule has 1 aromatic carbocycles. The number of rotatable bonds is 4. The van der Waals surface area contributed by atoms with Gasteiger partial charge in [0.1, 0.15) is 6.04 Å². The topological polar surface area (TPSA) is 112 Å². The van der Waals surface area contributed by atoms with Gasteiger partial charge in [-0.25, -0.2) is 8.42 Å². The van der Waals surface area contributed by atoms with Crippen molar-refractivity contribution in [1.82, 2.24) is 4.31 Å². The Bertz CT molecular complexity index is 684. The monoisotopic (exact) mass is 313 g/mol. The van der Waals surface area contributed by atoms with Gasteiger partial charge in [0.05, 0.1) is 11.0 Å². The molecule has 0 saturated carbocycles. The van der Waals surface area contributed by atoms with E-state index in [0.717, 1.165) is 4.31 Å². The first-order valence-electron chi connectivity index (χ1n) is 6.27. The number of carboxylic acids is 1. The van der Waals surface area contributed by atoms with Gasteiger partial charge in [0.25, 0.3) is 0 Å². The number of Topliss-reactive ketones (excluding diaryl/α,β-unsaturated/α-hetero) is 1. The lowest BCUT2D eigenvalue weighted by Crippen LogP contribution is -2.40. The van der Waals surface area contributed by atoms with Crippen LogP contribution in [0.5, 0.6) is 0 Å². The van der Waals surface area contributed by atoms with Crippen LogP contribution >= 0.6 is 0 Å². The lowest BCUT2D eigenvalue weighted by Gasteiger charge is -2.20. The van der Waals surface area contributed by atoms with Gasteiger partial charge in [0.2, 0.25) is 10.0 Å². The van der Waals surface area contributed by atoms with E-state index in [1.165, 1.54) is 31.2 Å². The van der Waals surface area contributed by atoms with E-state index in [9.17, 15) is 23.1 Å². The molecule has 1 heterocycles. The second kappa shape index (κ2) is 5.55. The first-order valence-corrected chi connectivity index (χ1v) is 7.71. The van der Waals surface area contributed by atoms with Gasteiger partial charge in [-0.3, -0.25) is 9.59 Å². The molecule has 1 aliphatic heterocycles. The molecule has 2 N–H and O–H groups in total. The molecule has 1 aliphatic rings. The Labute approximate surface area is 121 Å². The highest BCUT2D eigenvalue weighted by Crippen LogP contribution is 2.27. The third kappa shape index (κ3) is 2.97. The Hall–Kier alpha value is -1.77. The fourth-order valence-electron chi connectivity index (χ4n) is 2.29. The molecule has 7 nitrogen and oxygen atoms in total. The quantitative estimate of drug-likeness (QED) is 0.762. The molecular formula is C13H15NO6S. The maximum Gasteiger partial charge on any atom is 0.322 e. The number of aliphatic carboxylic acids is 1. The molecule has 1 saturated heterocycles. The minimum Gasteiger partial charge on any atom is -0.480 e. The van der Waals surface area contributed by atoms with E-state index in [0.29, 0.717) is 0 Å². The molecule has 0 aromatic heterocycles. The van der Waals surface area contributed by atoms with E-state index in [2.05, 4.69) is 0 Å². The lowest BCUT2D eigenvalue weighted by molar-refractivity contribution is -0.140. The van der Waals surface area contributed by atoms with Crippen LogP contribution in [0.2, 0.25) is 0 Å². The fourth-order valence-corrected chi connectivity index (χ4v) is 3.96. The Morgan fingerprint density at radius 1 is 1.33 bits per heavy atom. The number of ketones is 1. The summed E-state index contributed by atoms with van der Waals surface area (Å²) in [5.41, 5.74) is 0.225. The van der Waals surface area contributed by atoms with Crippen LogP contribution in [-0.4, -0.2) is 53.4 Å². The number of carboxylic acid groups (broad SMARTS) is 1. The number of hydrogen-bond acceptors (Lipinski definition) is 5. The zero-order valence-electron chi connectivity index (χ0n) is 11.3. The van der Waals surface area contributed by atoms with Gasteiger partial charge in [0.15, 0.2) is 5.78 Å². The van der Waals surface area contributed by atoms with Crippen LogP contribution in [0.1, 0.15) is 23.7 Å². The third-order valence-corrected chi connectivity index (χ3v) is 5.24. The van der Waals surface area contributed by atoms with Gasteiger partial charge in [-0.1, -0.05) is 12.1 Å². The molecule has 0 unspecified atom stereocenters. The van der Waals surface area contributed by atoms with Crippen molar-refractivity contribution in [2.45, 2.75) is 30.4 Å². The minimum atomic E-state index is -4.08. The van der Waals surface area contributed by atoms with Crippen LogP contribution in [0.4, 0.5) is 0 Å². The zero-order valence-corrected chi connectivity index (χ0v) is 12.1. The standard InChI is InChI=1S/C13H15NO6S/c1-8(15)9-3-2-4-11(5-9)21(19,20)14-7-10(16)6-12(14)13(17)18/h2-5,10,12,16H,6-7H2,1H3,(H,17,18)/t10-,12-/m1/s1. The van der Waals surface area contributed by atoms with Crippen molar-refractivity contribution in [2.24, 2.45) is 0 Å². The van der Waals surface area contributed by atoms with Crippen molar-refractivity contribution in [2.75, 3.05) is 6.54 Å². The summed E-state index contributed by atoms with van der Waals surface area (Å²) in [6, 6.07) is 4.11. The van der Waals surface area contributed by atoms with Crippen LogP contribution < -0.4 is 0 Å². The summed E-state index contributed by atoms with van der Waals surface area (Å²) in [6.07, 6.45) is -1.17. The predicted molar refractivity (Wildman–Crippen MR) is 72.4 cm³/mol. The number of nitrogens with zero attached hydrogens (tertiary/aromatic N) is 1. The molecular weight excluding hydrogens is 298 g/mol. The van der Waals surface area contributed by atoms with Crippen LogP contribution in [0.3, 0.4) is 0 Å². The van der Waals surface area contributed by atoms with Crippen molar-refractivity contribution >= 4 is 21.8 Å².